The van der Waals surface area contributed by atoms with Gasteiger partial charge in [-0.3, -0.25) is 9.59 Å². The van der Waals surface area contributed by atoms with E-state index in [1.165, 1.54) is 0 Å². The van der Waals surface area contributed by atoms with E-state index >= 15 is 0 Å². The van der Waals surface area contributed by atoms with Gasteiger partial charge in [-0.15, -0.1) is 0 Å². The molecule has 1 fully saturated rings. The first kappa shape index (κ1) is 26.5. The number of carbonyl (C=O) groups is 3. The minimum Gasteiger partial charge on any atom is -0.480 e. The fraction of sp³-hybridized carbons (Fsp3) is 0.300. The van der Waals surface area contributed by atoms with Gasteiger partial charge < -0.3 is 15.7 Å². The fourth-order valence-corrected chi connectivity index (χ4v) is 5.11. The molecule has 3 N–H and O–H groups in total. The van der Waals surface area contributed by atoms with Gasteiger partial charge in [0.1, 0.15) is 11.6 Å². The lowest BCUT2D eigenvalue weighted by Crippen LogP contribution is -2.61. The third kappa shape index (κ3) is 6.80. The topological polar surface area (TPSA) is 95.5 Å². The molecule has 0 spiro atoms. The molecule has 0 aromatic heterocycles. The van der Waals surface area contributed by atoms with E-state index in [4.69, 9.17) is 0 Å². The van der Waals surface area contributed by atoms with Crippen molar-refractivity contribution in [3.63, 3.8) is 0 Å². The summed E-state index contributed by atoms with van der Waals surface area (Å²) in [7, 11) is 0. The molecule has 2 amide bonds. The van der Waals surface area contributed by atoms with Crippen LogP contribution in [0, 0.1) is 0 Å². The molecular formula is C30H32N2O4S. The Morgan fingerprint density at radius 3 is 1.92 bits per heavy atom. The van der Waals surface area contributed by atoms with E-state index in [0.29, 0.717) is 19.3 Å². The Bertz CT molecular complexity index is 1210. The van der Waals surface area contributed by atoms with Crippen molar-refractivity contribution >= 4 is 30.4 Å². The van der Waals surface area contributed by atoms with E-state index in [1.54, 1.807) is 0 Å². The van der Waals surface area contributed by atoms with Crippen LogP contribution in [0.3, 0.4) is 0 Å². The monoisotopic (exact) mass is 516 g/mol. The summed E-state index contributed by atoms with van der Waals surface area (Å²) >= 11 is 4.48. The van der Waals surface area contributed by atoms with Gasteiger partial charge in [0.2, 0.25) is 11.8 Å². The zero-order valence-electron chi connectivity index (χ0n) is 20.6. The van der Waals surface area contributed by atoms with E-state index < -0.39 is 28.7 Å². The van der Waals surface area contributed by atoms with E-state index in [9.17, 15) is 19.5 Å². The lowest BCUT2D eigenvalue weighted by Gasteiger charge is -2.31. The summed E-state index contributed by atoms with van der Waals surface area (Å²) in [4.78, 5) is 38.5. The van der Waals surface area contributed by atoms with Crippen molar-refractivity contribution in [2.24, 2.45) is 0 Å². The highest BCUT2D eigenvalue weighted by molar-refractivity contribution is 7.81. The van der Waals surface area contributed by atoms with Crippen molar-refractivity contribution < 1.29 is 19.5 Å². The Labute approximate surface area is 222 Å². The summed E-state index contributed by atoms with van der Waals surface area (Å²) in [6.07, 6.45) is 3.07. The second-order valence-corrected chi connectivity index (χ2v) is 10.2. The van der Waals surface area contributed by atoms with E-state index in [-0.39, 0.29) is 12.3 Å². The zero-order valence-corrected chi connectivity index (χ0v) is 21.5. The van der Waals surface area contributed by atoms with E-state index in [1.807, 2.05) is 84.9 Å². The van der Waals surface area contributed by atoms with Gasteiger partial charge in [-0.2, -0.15) is 12.6 Å². The number of carboxylic acids is 1. The zero-order chi connectivity index (χ0) is 26.3. The second-order valence-electron chi connectivity index (χ2n) is 9.62. The summed E-state index contributed by atoms with van der Waals surface area (Å²) in [6.45, 7) is 0. The molecule has 3 aromatic carbocycles. The number of thiol groups is 1. The molecule has 2 unspecified atom stereocenters. The quantitative estimate of drug-likeness (QED) is 0.300. The van der Waals surface area contributed by atoms with Crippen LogP contribution in [0.2, 0.25) is 0 Å². The summed E-state index contributed by atoms with van der Waals surface area (Å²) in [5.74, 6) is -1.89. The highest BCUT2D eigenvalue weighted by Crippen LogP contribution is 2.31. The maximum absolute atomic E-state index is 13.4. The van der Waals surface area contributed by atoms with Crippen molar-refractivity contribution in [2.75, 3.05) is 0 Å². The van der Waals surface area contributed by atoms with Crippen LogP contribution in [0.4, 0.5) is 0 Å². The number of rotatable bonds is 10. The lowest BCUT2D eigenvalue weighted by molar-refractivity contribution is -0.143. The van der Waals surface area contributed by atoms with Gasteiger partial charge in [0.05, 0.1) is 5.25 Å². The van der Waals surface area contributed by atoms with Crippen molar-refractivity contribution in [3.8, 4) is 11.1 Å². The van der Waals surface area contributed by atoms with Crippen LogP contribution in [0.25, 0.3) is 11.1 Å². The van der Waals surface area contributed by atoms with Gasteiger partial charge in [-0.1, -0.05) is 97.8 Å². The van der Waals surface area contributed by atoms with Crippen molar-refractivity contribution in [2.45, 2.75) is 55.4 Å². The molecule has 3 aromatic rings. The first-order valence-corrected chi connectivity index (χ1v) is 13.1. The number of nitrogens with one attached hydrogen (secondary N) is 2. The van der Waals surface area contributed by atoms with Gasteiger partial charge in [-0.05, 0) is 41.5 Å². The third-order valence-corrected chi connectivity index (χ3v) is 7.35. The van der Waals surface area contributed by atoms with Crippen LogP contribution in [-0.4, -0.2) is 39.7 Å². The molecule has 0 bridgehead atoms. The number of amides is 2. The van der Waals surface area contributed by atoms with Gasteiger partial charge >= 0.3 is 5.97 Å². The molecule has 1 saturated carbocycles. The van der Waals surface area contributed by atoms with Crippen LogP contribution < -0.4 is 10.6 Å². The number of hydrogen-bond acceptors (Lipinski definition) is 4. The molecule has 192 valence electrons. The van der Waals surface area contributed by atoms with Crippen molar-refractivity contribution in [1.29, 1.82) is 0 Å². The molecule has 2 atom stereocenters. The number of hydrogen-bond donors (Lipinski definition) is 4. The first-order chi connectivity index (χ1) is 17.9. The molecule has 37 heavy (non-hydrogen) atoms. The molecule has 0 aliphatic heterocycles. The van der Waals surface area contributed by atoms with Crippen LogP contribution in [0.1, 0.15) is 36.8 Å². The Hall–Kier alpha value is -3.58. The van der Waals surface area contributed by atoms with Gasteiger partial charge in [0.25, 0.3) is 0 Å². The fourth-order valence-electron chi connectivity index (χ4n) is 4.83. The molecule has 1 aliphatic rings. The summed E-state index contributed by atoms with van der Waals surface area (Å²) in [5.41, 5.74) is 2.76. The molecule has 0 radical (unpaired) electrons. The molecule has 0 heterocycles. The highest BCUT2D eigenvalue weighted by atomic mass is 32.1. The summed E-state index contributed by atoms with van der Waals surface area (Å²) in [5, 5.41) is 14.9. The SMILES string of the molecule is O=C(NC1(C(=O)NC(Cc2ccc(-c3ccccc3)cc2)C(=O)O)CCCC1)C(S)Cc1ccccc1. The minimum atomic E-state index is -1.13. The predicted molar refractivity (Wildman–Crippen MR) is 147 cm³/mol. The van der Waals surface area contributed by atoms with Gasteiger partial charge in [0, 0.05) is 6.42 Å². The van der Waals surface area contributed by atoms with E-state index in [0.717, 1.165) is 35.1 Å². The van der Waals surface area contributed by atoms with Crippen LogP contribution in [-0.2, 0) is 27.2 Å². The maximum atomic E-state index is 13.4. The largest absolute Gasteiger partial charge is 0.480 e. The molecule has 6 nitrogen and oxygen atoms in total. The third-order valence-electron chi connectivity index (χ3n) is 6.93. The average Bonchev–Trinajstić information content (AvgIpc) is 3.39. The van der Waals surface area contributed by atoms with Crippen molar-refractivity contribution in [3.05, 3.63) is 96.1 Å². The van der Waals surface area contributed by atoms with Gasteiger partial charge in [-0.25, -0.2) is 4.79 Å². The molecule has 7 heteroatoms. The molecular weight excluding hydrogens is 484 g/mol. The summed E-state index contributed by atoms with van der Waals surface area (Å²) < 4.78 is 0. The van der Waals surface area contributed by atoms with Crippen LogP contribution >= 0.6 is 12.6 Å². The number of aliphatic carboxylic acids is 1. The highest BCUT2D eigenvalue weighted by Gasteiger charge is 2.44. The van der Waals surface area contributed by atoms with Crippen molar-refractivity contribution in [1.82, 2.24) is 10.6 Å². The number of carbonyl (C=O) groups excluding carboxylic acids is 2. The van der Waals surface area contributed by atoms with E-state index in [2.05, 4.69) is 23.3 Å². The summed E-state index contributed by atoms with van der Waals surface area (Å²) in [6, 6.07) is 26.0. The molecule has 0 saturated heterocycles. The Kier molecular flexibility index (Phi) is 8.66. The maximum Gasteiger partial charge on any atom is 0.326 e. The van der Waals surface area contributed by atoms with Crippen LogP contribution in [0.15, 0.2) is 84.9 Å². The lowest BCUT2D eigenvalue weighted by atomic mass is 9.94. The standard InChI is InChI=1S/C30H32N2O4S/c33-27(26(37)20-21-9-3-1-4-10-21)32-30(17-7-8-18-30)29(36)31-25(28(34)35)19-22-13-15-24(16-14-22)23-11-5-2-6-12-23/h1-6,9-16,25-26,37H,7-8,17-20H2,(H,31,36)(H,32,33)(H,34,35). The Morgan fingerprint density at radius 1 is 0.784 bits per heavy atom. The average molecular weight is 517 g/mol. The normalized spacial score (nSPS) is 15.9. The predicted octanol–water partition coefficient (Wildman–Crippen LogP) is 4.44. The Morgan fingerprint density at radius 2 is 1.32 bits per heavy atom. The Balaban J connectivity index is 1.42. The molecule has 4 rings (SSSR count). The number of benzene rings is 3. The smallest absolute Gasteiger partial charge is 0.326 e. The number of carboxylic acid groups (broad SMARTS) is 1. The first-order valence-electron chi connectivity index (χ1n) is 12.6. The van der Waals surface area contributed by atoms with Gasteiger partial charge in [0.15, 0.2) is 0 Å². The minimum absolute atomic E-state index is 0.142. The van der Waals surface area contributed by atoms with Crippen LogP contribution in [0.5, 0.6) is 0 Å². The second kappa shape index (κ2) is 12.1. The molecule has 1 aliphatic carbocycles.